The summed E-state index contributed by atoms with van der Waals surface area (Å²) in [6.07, 6.45) is 1.86. The molecule has 130 valence electrons. The molecule has 5 nitrogen and oxygen atoms in total. The first kappa shape index (κ1) is 17.2. The highest BCUT2D eigenvalue weighted by molar-refractivity contribution is 7.18. The number of amides is 1. The van der Waals surface area contributed by atoms with Gasteiger partial charge in [-0.3, -0.25) is 4.90 Å². The first-order valence-electron chi connectivity index (χ1n) is 8.33. The van der Waals surface area contributed by atoms with Crippen molar-refractivity contribution in [3.05, 3.63) is 29.3 Å². The molecule has 0 spiro atoms. The van der Waals surface area contributed by atoms with E-state index in [1.54, 1.807) is 4.90 Å². The highest BCUT2D eigenvalue weighted by Gasteiger charge is 2.35. The van der Waals surface area contributed by atoms with E-state index in [4.69, 9.17) is 4.74 Å². The number of aliphatic hydroxyl groups is 1. The van der Waals surface area contributed by atoms with Gasteiger partial charge >= 0.3 is 6.09 Å². The van der Waals surface area contributed by atoms with E-state index in [0.717, 1.165) is 28.1 Å². The zero-order valence-corrected chi connectivity index (χ0v) is 15.2. The van der Waals surface area contributed by atoms with Gasteiger partial charge < -0.3 is 9.84 Å². The molecule has 1 heterocycles. The molecule has 24 heavy (non-hydrogen) atoms. The number of ether oxygens (including phenoxy) is 1. The largest absolute Gasteiger partial charge is 0.444 e. The Morgan fingerprint density at radius 3 is 2.71 bits per heavy atom. The lowest BCUT2D eigenvalue weighted by Crippen LogP contribution is -2.41. The van der Waals surface area contributed by atoms with Crippen LogP contribution in [0, 0.1) is 5.92 Å². The third kappa shape index (κ3) is 4.05. The number of aliphatic hydroxyl groups excluding tert-OH is 1. The molecule has 1 atom stereocenters. The van der Waals surface area contributed by atoms with Crippen molar-refractivity contribution in [1.82, 2.24) is 9.88 Å². The lowest BCUT2D eigenvalue weighted by molar-refractivity contribution is 0.00759. The molecular formula is C18H24N2O3S. The number of carbonyl (C=O) groups is 1. The van der Waals surface area contributed by atoms with Crippen LogP contribution < -0.4 is 0 Å². The summed E-state index contributed by atoms with van der Waals surface area (Å²) in [4.78, 5) is 19.0. The van der Waals surface area contributed by atoms with Gasteiger partial charge in [-0.05, 0) is 51.7 Å². The Labute approximate surface area is 146 Å². The summed E-state index contributed by atoms with van der Waals surface area (Å²) < 4.78 is 6.62. The molecule has 1 N–H and O–H groups in total. The smallest absolute Gasteiger partial charge is 0.410 e. The molecule has 0 radical (unpaired) electrons. The summed E-state index contributed by atoms with van der Waals surface area (Å²) in [6, 6.07) is 7.40. The van der Waals surface area contributed by atoms with Crippen LogP contribution in [0.2, 0.25) is 0 Å². The van der Waals surface area contributed by atoms with Crippen molar-refractivity contribution in [1.29, 1.82) is 0 Å². The molecule has 6 heteroatoms. The molecule has 0 aliphatic heterocycles. The van der Waals surface area contributed by atoms with Crippen molar-refractivity contribution in [3.63, 3.8) is 0 Å². The fourth-order valence-electron chi connectivity index (χ4n) is 2.57. The molecule has 3 rings (SSSR count). The summed E-state index contributed by atoms with van der Waals surface area (Å²) in [6.45, 7) is 6.01. The molecule has 1 aromatic heterocycles. The van der Waals surface area contributed by atoms with E-state index in [-0.39, 0.29) is 12.7 Å². The number of aromatic nitrogens is 1. The monoisotopic (exact) mass is 348 g/mol. The van der Waals surface area contributed by atoms with Crippen LogP contribution in [0.25, 0.3) is 10.2 Å². The van der Waals surface area contributed by atoms with E-state index in [1.165, 1.54) is 11.3 Å². The van der Waals surface area contributed by atoms with Gasteiger partial charge in [-0.15, -0.1) is 11.3 Å². The van der Waals surface area contributed by atoms with E-state index >= 15 is 0 Å². The van der Waals surface area contributed by atoms with Crippen LogP contribution in [0.15, 0.2) is 24.3 Å². The van der Waals surface area contributed by atoms with Crippen molar-refractivity contribution in [2.45, 2.75) is 45.3 Å². The highest BCUT2D eigenvalue weighted by atomic mass is 32.1. The van der Waals surface area contributed by atoms with Crippen LogP contribution in [0.3, 0.4) is 0 Å². The van der Waals surface area contributed by atoms with Gasteiger partial charge in [-0.25, -0.2) is 9.78 Å². The van der Waals surface area contributed by atoms with Gasteiger partial charge in [0.25, 0.3) is 0 Å². The summed E-state index contributed by atoms with van der Waals surface area (Å²) >= 11 is 1.52. The Balaban J connectivity index is 1.88. The molecule has 1 amide bonds. The normalized spacial score (nSPS) is 16.2. The molecule has 1 fully saturated rings. The first-order valence-corrected chi connectivity index (χ1v) is 9.15. The quantitative estimate of drug-likeness (QED) is 0.888. The Morgan fingerprint density at radius 1 is 1.42 bits per heavy atom. The number of thiazole rings is 1. The summed E-state index contributed by atoms with van der Waals surface area (Å²) in [5, 5.41) is 10.7. The number of hydrogen-bond acceptors (Lipinski definition) is 5. The minimum absolute atomic E-state index is 0.161. The Morgan fingerprint density at radius 2 is 2.12 bits per heavy atom. The Hall–Kier alpha value is -1.66. The van der Waals surface area contributed by atoms with E-state index in [1.807, 2.05) is 45.0 Å². The SMILES string of the molecule is CC(C)(C)OC(=O)N(CC1CC1)C(CO)c1nc2ccccc2s1. The first-order chi connectivity index (χ1) is 11.4. The number of carbonyl (C=O) groups excluding carboxylic acids is 1. The average molecular weight is 348 g/mol. The lowest BCUT2D eigenvalue weighted by atomic mass is 10.2. The number of benzene rings is 1. The fraction of sp³-hybridized carbons (Fsp3) is 0.556. The second-order valence-electron chi connectivity index (χ2n) is 7.29. The highest BCUT2D eigenvalue weighted by Crippen LogP contribution is 2.35. The molecule has 0 bridgehead atoms. The summed E-state index contributed by atoms with van der Waals surface area (Å²) in [5.41, 5.74) is 0.332. The van der Waals surface area contributed by atoms with Crippen LogP contribution in [0.5, 0.6) is 0 Å². The van der Waals surface area contributed by atoms with Gasteiger partial charge in [0.15, 0.2) is 0 Å². The van der Waals surface area contributed by atoms with E-state index in [9.17, 15) is 9.90 Å². The van der Waals surface area contributed by atoms with Gasteiger partial charge in [0.2, 0.25) is 0 Å². The van der Waals surface area contributed by atoms with E-state index < -0.39 is 11.6 Å². The minimum atomic E-state index is -0.563. The molecular weight excluding hydrogens is 324 g/mol. The zero-order chi connectivity index (χ0) is 17.3. The standard InChI is InChI=1S/C18H24N2O3S/c1-18(2,3)23-17(22)20(10-12-8-9-12)14(11-21)16-19-13-6-4-5-7-15(13)24-16/h4-7,12,14,21H,8-11H2,1-3H3. The van der Waals surface area contributed by atoms with Crippen LogP contribution in [0.4, 0.5) is 4.79 Å². The van der Waals surface area contributed by atoms with Crippen molar-refractivity contribution in [2.75, 3.05) is 13.2 Å². The predicted molar refractivity (Wildman–Crippen MR) is 95.1 cm³/mol. The summed E-state index contributed by atoms with van der Waals surface area (Å²) in [7, 11) is 0. The van der Waals surface area contributed by atoms with E-state index in [0.29, 0.717) is 12.5 Å². The van der Waals surface area contributed by atoms with Crippen molar-refractivity contribution in [2.24, 2.45) is 5.92 Å². The molecule has 2 aromatic rings. The molecule has 0 saturated heterocycles. The topological polar surface area (TPSA) is 62.7 Å². The molecule has 1 unspecified atom stereocenters. The van der Waals surface area contributed by atoms with Gasteiger partial charge in [-0.1, -0.05) is 12.1 Å². The minimum Gasteiger partial charge on any atom is -0.444 e. The van der Waals surface area contributed by atoms with Gasteiger partial charge in [0.05, 0.1) is 16.8 Å². The Kier molecular flexibility index (Phi) is 4.78. The van der Waals surface area contributed by atoms with Crippen LogP contribution >= 0.6 is 11.3 Å². The van der Waals surface area contributed by atoms with Gasteiger partial charge in [0, 0.05) is 6.54 Å². The number of para-hydroxylation sites is 1. The van der Waals surface area contributed by atoms with Crippen LogP contribution in [-0.2, 0) is 4.74 Å². The maximum atomic E-state index is 12.7. The molecule has 1 saturated carbocycles. The third-order valence-electron chi connectivity index (χ3n) is 3.92. The molecule has 1 aliphatic carbocycles. The average Bonchev–Trinajstić information content (AvgIpc) is 3.22. The lowest BCUT2D eigenvalue weighted by Gasteiger charge is -2.31. The zero-order valence-electron chi connectivity index (χ0n) is 14.4. The van der Waals surface area contributed by atoms with Crippen LogP contribution in [0.1, 0.15) is 44.7 Å². The van der Waals surface area contributed by atoms with E-state index in [2.05, 4.69) is 4.98 Å². The van der Waals surface area contributed by atoms with Crippen LogP contribution in [-0.4, -0.2) is 39.8 Å². The summed E-state index contributed by atoms with van der Waals surface area (Å²) in [5.74, 6) is 0.501. The number of fused-ring (bicyclic) bond motifs is 1. The fourth-order valence-corrected chi connectivity index (χ4v) is 3.64. The van der Waals surface area contributed by atoms with Crippen molar-refractivity contribution < 1.29 is 14.6 Å². The second kappa shape index (κ2) is 6.69. The number of nitrogens with zero attached hydrogens (tertiary/aromatic N) is 2. The maximum absolute atomic E-state index is 12.7. The molecule has 1 aromatic carbocycles. The maximum Gasteiger partial charge on any atom is 0.410 e. The Bertz CT molecular complexity index is 685. The van der Waals surface area contributed by atoms with Crippen molar-refractivity contribution >= 4 is 27.6 Å². The second-order valence-corrected chi connectivity index (χ2v) is 8.36. The molecule has 1 aliphatic rings. The van der Waals surface area contributed by atoms with Crippen molar-refractivity contribution in [3.8, 4) is 0 Å². The number of rotatable bonds is 5. The predicted octanol–water partition coefficient (Wildman–Crippen LogP) is 3.98. The number of hydrogen-bond donors (Lipinski definition) is 1. The van der Waals surface area contributed by atoms with Gasteiger partial charge in [0.1, 0.15) is 16.7 Å². The van der Waals surface area contributed by atoms with Gasteiger partial charge in [-0.2, -0.15) is 0 Å². The third-order valence-corrected chi connectivity index (χ3v) is 5.06.